The maximum Gasteiger partial charge on any atom is 0.129 e. The fourth-order valence-corrected chi connectivity index (χ4v) is 2.76. The summed E-state index contributed by atoms with van der Waals surface area (Å²) in [5.41, 5.74) is 0. The van der Waals surface area contributed by atoms with Crippen LogP contribution in [0.1, 0.15) is 0 Å². The monoisotopic (exact) mass is 238 g/mol. The van der Waals surface area contributed by atoms with E-state index in [0.29, 0.717) is 5.75 Å². The maximum absolute atomic E-state index is 9.60. The van der Waals surface area contributed by atoms with E-state index in [0.717, 1.165) is 43.4 Å². The van der Waals surface area contributed by atoms with Crippen LogP contribution in [0.5, 0.6) is 5.75 Å². The third kappa shape index (κ3) is 3.40. The number of phenolic OH excluding ortho intramolecular Hbond substituents is 1. The Bertz CT molecular complexity index is 327. The summed E-state index contributed by atoms with van der Waals surface area (Å²) >= 11 is 1.73. The molecule has 1 heterocycles. The molecule has 1 aliphatic heterocycles. The van der Waals surface area contributed by atoms with Crippen LogP contribution in [-0.2, 0) is 0 Å². The van der Waals surface area contributed by atoms with Crippen molar-refractivity contribution in [1.82, 2.24) is 10.2 Å². The van der Waals surface area contributed by atoms with Crippen molar-refractivity contribution in [2.24, 2.45) is 0 Å². The predicted octanol–water partition coefficient (Wildman–Crippen LogP) is 1.39. The van der Waals surface area contributed by atoms with Crippen molar-refractivity contribution in [2.75, 3.05) is 38.5 Å². The van der Waals surface area contributed by atoms with Gasteiger partial charge in [0.2, 0.25) is 0 Å². The summed E-state index contributed by atoms with van der Waals surface area (Å²) in [6, 6.07) is 7.54. The molecule has 4 heteroatoms. The van der Waals surface area contributed by atoms with Crippen LogP contribution in [0.3, 0.4) is 0 Å². The van der Waals surface area contributed by atoms with Crippen molar-refractivity contribution < 1.29 is 5.11 Å². The lowest BCUT2D eigenvalue weighted by molar-refractivity contribution is 0.255. The second kappa shape index (κ2) is 6.13. The molecule has 0 atom stereocenters. The van der Waals surface area contributed by atoms with Gasteiger partial charge in [-0.3, -0.25) is 4.90 Å². The number of para-hydroxylation sites is 1. The van der Waals surface area contributed by atoms with Gasteiger partial charge >= 0.3 is 0 Å². The molecule has 16 heavy (non-hydrogen) atoms. The van der Waals surface area contributed by atoms with Crippen molar-refractivity contribution in [2.45, 2.75) is 4.90 Å². The van der Waals surface area contributed by atoms with Gasteiger partial charge in [-0.2, -0.15) is 0 Å². The van der Waals surface area contributed by atoms with E-state index < -0.39 is 0 Å². The largest absolute Gasteiger partial charge is 0.507 e. The molecular weight excluding hydrogens is 220 g/mol. The summed E-state index contributed by atoms with van der Waals surface area (Å²) in [5.74, 6) is 1.44. The molecule has 0 bridgehead atoms. The Labute approximate surface area is 101 Å². The van der Waals surface area contributed by atoms with Crippen molar-refractivity contribution in [3.05, 3.63) is 24.3 Å². The number of nitrogens with zero attached hydrogens (tertiary/aromatic N) is 1. The van der Waals surface area contributed by atoms with Crippen LogP contribution in [0.15, 0.2) is 29.2 Å². The fourth-order valence-electron chi connectivity index (χ4n) is 1.80. The first-order valence-electron chi connectivity index (χ1n) is 5.70. The second-order valence-electron chi connectivity index (χ2n) is 3.91. The van der Waals surface area contributed by atoms with Gasteiger partial charge in [0.25, 0.3) is 0 Å². The van der Waals surface area contributed by atoms with Gasteiger partial charge in [0, 0.05) is 43.4 Å². The third-order valence-corrected chi connectivity index (χ3v) is 3.78. The van der Waals surface area contributed by atoms with Gasteiger partial charge in [0.05, 0.1) is 0 Å². The van der Waals surface area contributed by atoms with Crippen LogP contribution < -0.4 is 5.32 Å². The van der Waals surface area contributed by atoms with Crippen molar-refractivity contribution >= 4 is 11.8 Å². The molecule has 3 nitrogen and oxygen atoms in total. The third-order valence-electron chi connectivity index (χ3n) is 2.74. The van der Waals surface area contributed by atoms with E-state index in [1.54, 1.807) is 17.8 Å². The Hall–Kier alpha value is -0.710. The lowest BCUT2D eigenvalue weighted by Crippen LogP contribution is -2.44. The van der Waals surface area contributed by atoms with Crippen molar-refractivity contribution in [3.8, 4) is 5.75 Å². The molecule has 1 fully saturated rings. The van der Waals surface area contributed by atoms with E-state index in [4.69, 9.17) is 0 Å². The average molecular weight is 238 g/mol. The van der Waals surface area contributed by atoms with Crippen molar-refractivity contribution in [1.29, 1.82) is 0 Å². The lowest BCUT2D eigenvalue weighted by Gasteiger charge is -2.26. The van der Waals surface area contributed by atoms with E-state index in [9.17, 15) is 5.11 Å². The van der Waals surface area contributed by atoms with Crippen LogP contribution in [-0.4, -0.2) is 48.5 Å². The first kappa shape index (κ1) is 11.8. The molecule has 88 valence electrons. The molecule has 0 radical (unpaired) electrons. The second-order valence-corrected chi connectivity index (χ2v) is 5.04. The highest BCUT2D eigenvalue weighted by Gasteiger charge is 2.09. The Kier molecular flexibility index (Phi) is 4.51. The van der Waals surface area contributed by atoms with Crippen LogP contribution in [0.4, 0.5) is 0 Å². The highest BCUT2D eigenvalue weighted by molar-refractivity contribution is 7.99. The van der Waals surface area contributed by atoms with Gasteiger partial charge in [-0.05, 0) is 12.1 Å². The number of piperazine rings is 1. The molecule has 1 aliphatic rings. The molecule has 0 amide bonds. The molecule has 0 saturated carbocycles. The first-order valence-corrected chi connectivity index (χ1v) is 6.69. The van der Waals surface area contributed by atoms with Gasteiger partial charge in [0.1, 0.15) is 5.75 Å². The van der Waals surface area contributed by atoms with Gasteiger partial charge < -0.3 is 10.4 Å². The summed E-state index contributed by atoms with van der Waals surface area (Å²) in [5, 5.41) is 12.9. The van der Waals surface area contributed by atoms with Crippen LogP contribution in [0.25, 0.3) is 0 Å². The zero-order valence-electron chi connectivity index (χ0n) is 9.35. The molecule has 0 spiro atoms. The molecule has 0 aromatic heterocycles. The smallest absolute Gasteiger partial charge is 0.129 e. The minimum Gasteiger partial charge on any atom is -0.507 e. The molecule has 0 unspecified atom stereocenters. The summed E-state index contributed by atoms with van der Waals surface area (Å²) in [6.45, 7) is 5.58. The molecule has 0 aliphatic carbocycles. The quantitative estimate of drug-likeness (QED) is 0.777. The standard InChI is InChI=1S/C12H18N2OS/c15-11-3-1-2-4-12(11)16-10-9-14-7-5-13-6-8-14/h1-4,13,15H,5-10H2. The van der Waals surface area contributed by atoms with E-state index in [1.165, 1.54) is 0 Å². The summed E-state index contributed by atoms with van der Waals surface area (Å²) in [4.78, 5) is 3.45. The number of benzene rings is 1. The van der Waals surface area contributed by atoms with Crippen LogP contribution in [0.2, 0.25) is 0 Å². The molecular formula is C12H18N2OS. The number of hydrogen-bond acceptors (Lipinski definition) is 4. The van der Waals surface area contributed by atoms with Gasteiger partial charge in [-0.1, -0.05) is 12.1 Å². The Morgan fingerprint density at radius 3 is 2.75 bits per heavy atom. The highest BCUT2D eigenvalue weighted by Crippen LogP contribution is 2.27. The highest BCUT2D eigenvalue weighted by atomic mass is 32.2. The van der Waals surface area contributed by atoms with E-state index >= 15 is 0 Å². The normalized spacial score (nSPS) is 17.5. The molecule has 1 aromatic carbocycles. The molecule has 1 saturated heterocycles. The van der Waals surface area contributed by atoms with Crippen LogP contribution >= 0.6 is 11.8 Å². The van der Waals surface area contributed by atoms with Crippen LogP contribution in [0, 0.1) is 0 Å². The van der Waals surface area contributed by atoms with E-state index in [1.807, 2.05) is 18.2 Å². The number of nitrogens with one attached hydrogen (secondary N) is 1. The lowest BCUT2D eigenvalue weighted by atomic mass is 10.3. The van der Waals surface area contributed by atoms with Gasteiger partial charge in [-0.15, -0.1) is 11.8 Å². The Morgan fingerprint density at radius 2 is 2.00 bits per heavy atom. The Morgan fingerprint density at radius 1 is 1.25 bits per heavy atom. The zero-order chi connectivity index (χ0) is 11.2. The predicted molar refractivity (Wildman–Crippen MR) is 68.1 cm³/mol. The zero-order valence-corrected chi connectivity index (χ0v) is 10.2. The first-order chi connectivity index (χ1) is 7.86. The number of thioether (sulfide) groups is 1. The van der Waals surface area contributed by atoms with Crippen molar-refractivity contribution in [3.63, 3.8) is 0 Å². The molecule has 2 N–H and O–H groups in total. The van der Waals surface area contributed by atoms with Gasteiger partial charge in [0.15, 0.2) is 0 Å². The van der Waals surface area contributed by atoms with Gasteiger partial charge in [-0.25, -0.2) is 0 Å². The van der Waals surface area contributed by atoms with E-state index in [2.05, 4.69) is 10.2 Å². The molecule has 1 aromatic rings. The topological polar surface area (TPSA) is 35.5 Å². The maximum atomic E-state index is 9.60. The number of rotatable bonds is 4. The number of aromatic hydroxyl groups is 1. The summed E-state index contributed by atoms with van der Waals surface area (Å²) in [7, 11) is 0. The fraction of sp³-hybridized carbons (Fsp3) is 0.500. The molecule has 2 rings (SSSR count). The minimum atomic E-state index is 0.396. The minimum absolute atomic E-state index is 0.396. The number of phenols is 1. The Balaban J connectivity index is 1.73. The van der Waals surface area contributed by atoms with E-state index in [-0.39, 0.29) is 0 Å². The summed E-state index contributed by atoms with van der Waals surface area (Å²) in [6.07, 6.45) is 0. The average Bonchev–Trinajstić information content (AvgIpc) is 2.33. The SMILES string of the molecule is Oc1ccccc1SCCN1CCNCC1. The summed E-state index contributed by atoms with van der Waals surface area (Å²) < 4.78 is 0. The number of hydrogen-bond donors (Lipinski definition) is 2.